The molecule has 0 N–H and O–H groups in total. The topological polar surface area (TPSA) is 52.6 Å². The summed E-state index contributed by atoms with van der Waals surface area (Å²) in [5, 5.41) is 0. The highest BCUT2D eigenvalue weighted by Crippen LogP contribution is 2.68. The second-order valence-electron chi connectivity index (χ2n) is 7.95. The van der Waals surface area contributed by atoms with Crippen molar-refractivity contribution in [1.82, 2.24) is 0 Å². The molecule has 4 nitrogen and oxygen atoms in total. The number of fused-ring (bicyclic) bond motifs is 2. The second-order valence-corrected chi connectivity index (χ2v) is 7.95. The summed E-state index contributed by atoms with van der Waals surface area (Å²) in [6.07, 6.45) is 4.11. The summed E-state index contributed by atoms with van der Waals surface area (Å²) in [6, 6.07) is 0. The third-order valence-electron chi connectivity index (χ3n) is 6.76. The maximum Gasteiger partial charge on any atom is 0.312 e. The Morgan fingerprint density at radius 1 is 1.15 bits per heavy atom. The van der Waals surface area contributed by atoms with Gasteiger partial charge in [-0.05, 0) is 32.1 Å². The average Bonchev–Trinajstić information content (AvgIpc) is 2.76. The molecule has 2 saturated heterocycles. The quantitative estimate of drug-likeness (QED) is 0.639. The maximum atomic E-state index is 12.4. The predicted molar refractivity (Wildman–Crippen MR) is 70.7 cm³/mol. The summed E-state index contributed by atoms with van der Waals surface area (Å²) in [5.41, 5.74) is -0.830. The van der Waals surface area contributed by atoms with Gasteiger partial charge in [0, 0.05) is 18.3 Å². The van der Waals surface area contributed by atoms with Crippen LogP contribution in [0.5, 0.6) is 0 Å². The van der Waals surface area contributed by atoms with Gasteiger partial charge in [-0.15, -0.1) is 0 Å². The molecule has 2 heterocycles. The summed E-state index contributed by atoms with van der Waals surface area (Å²) < 4.78 is 11.4. The molecule has 0 spiro atoms. The molecule has 0 radical (unpaired) electrons. The smallest absolute Gasteiger partial charge is 0.312 e. The number of esters is 2. The monoisotopic (exact) mass is 278 g/mol. The maximum absolute atomic E-state index is 12.4. The van der Waals surface area contributed by atoms with Gasteiger partial charge in [0.15, 0.2) is 0 Å². The zero-order chi connectivity index (χ0) is 14.3. The van der Waals surface area contributed by atoms with Crippen LogP contribution in [0.15, 0.2) is 0 Å². The molecule has 6 atom stereocenters. The molecule has 4 heteroatoms. The fourth-order valence-electron chi connectivity index (χ4n) is 6.10. The van der Waals surface area contributed by atoms with Gasteiger partial charge in [-0.2, -0.15) is 0 Å². The zero-order valence-corrected chi connectivity index (χ0v) is 12.4. The summed E-state index contributed by atoms with van der Waals surface area (Å²) in [5.74, 6) is 0.340. The lowest BCUT2D eigenvalue weighted by Crippen LogP contribution is -2.59. The Balaban J connectivity index is 1.85. The molecule has 0 aromatic rings. The fourth-order valence-corrected chi connectivity index (χ4v) is 6.10. The number of carbonyl (C=O) groups excluding carboxylic acids is 2. The normalized spacial score (nSPS) is 56.9. The number of carbonyl (C=O) groups is 2. The molecule has 4 fully saturated rings. The van der Waals surface area contributed by atoms with E-state index in [2.05, 4.69) is 13.8 Å². The first-order chi connectivity index (χ1) is 9.30. The summed E-state index contributed by atoms with van der Waals surface area (Å²) in [4.78, 5) is 24.2. The van der Waals surface area contributed by atoms with Crippen LogP contribution in [0.25, 0.3) is 0 Å². The molecule has 2 saturated carbocycles. The molecule has 0 bridgehead atoms. The van der Waals surface area contributed by atoms with Gasteiger partial charge >= 0.3 is 11.9 Å². The lowest BCUT2D eigenvalue weighted by Gasteiger charge is -2.57. The van der Waals surface area contributed by atoms with Crippen molar-refractivity contribution in [2.45, 2.75) is 64.6 Å². The van der Waals surface area contributed by atoms with Crippen LogP contribution in [-0.4, -0.2) is 23.6 Å². The Morgan fingerprint density at radius 2 is 1.90 bits per heavy atom. The summed E-state index contributed by atoms with van der Waals surface area (Å²) in [7, 11) is 0. The Morgan fingerprint density at radius 3 is 2.65 bits per heavy atom. The minimum atomic E-state index is -0.449. The minimum Gasteiger partial charge on any atom is -0.461 e. The standard InChI is InChI=1S/C16H22O4/c1-14-5-4-6-15(2)12(14)9(19-13(15)18)8-16(3)10(14)7-11(17)20-16/h9-10,12H,4-8H2,1-3H3. The molecular formula is C16H22O4. The lowest BCUT2D eigenvalue weighted by atomic mass is 9.45. The van der Waals surface area contributed by atoms with Gasteiger partial charge in [-0.1, -0.05) is 13.3 Å². The Hall–Kier alpha value is -1.06. The summed E-state index contributed by atoms with van der Waals surface area (Å²) >= 11 is 0. The van der Waals surface area contributed by atoms with E-state index in [0.29, 0.717) is 12.8 Å². The van der Waals surface area contributed by atoms with Crippen LogP contribution in [0.1, 0.15) is 52.9 Å². The van der Waals surface area contributed by atoms with Crippen LogP contribution in [0.2, 0.25) is 0 Å². The van der Waals surface area contributed by atoms with Crippen LogP contribution in [0.3, 0.4) is 0 Å². The molecule has 20 heavy (non-hydrogen) atoms. The van der Waals surface area contributed by atoms with Crippen LogP contribution in [-0.2, 0) is 19.1 Å². The van der Waals surface area contributed by atoms with Crippen LogP contribution < -0.4 is 0 Å². The molecule has 6 unspecified atom stereocenters. The van der Waals surface area contributed by atoms with Gasteiger partial charge in [0.25, 0.3) is 0 Å². The fraction of sp³-hybridized carbons (Fsp3) is 0.875. The first kappa shape index (κ1) is 12.7. The van der Waals surface area contributed by atoms with Crippen LogP contribution in [0.4, 0.5) is 0 Å². The van der Waals surface area contributed by atoms with Gasteiger partial charge in [-0.25, -0.2) is 0 Å². The zero-order valence-electron chi connectivity index (χ0n) is 12.4. The summed E-state index contributed by atoms with van der Waals surface area (Å²) in [6.45, 7) is 6.36. The van der Waals surface area contributed by atoms with E-state index < -0.39 is 5.60 Å². The minimum absolute atomic E-state index is 0.0248. The van der Waals surface area contributed by atoms with Crippen molar-refractivity contribution < 1.29 is 19.1 Å². The first-order valence-corrected chi connectivity index (χ1v) is 7.73. The van der Waals surface area contributed by atoms with Crippen molar-refractivity contribution in [2.75, 3.05) is 0 Å². The first-order valence-electron chi connectivity index (χ1n) is 7.73. The Kier molecular flexibility index (Phi) is 2.15. The highest BCUT2D eigenvalue weighted by Gasteiger charge is 2.72. The molecule has 2 aliphatic carbocycles. The van der Waals surface area contributed by atoms with Gasteiger partial charge in [0.1, 0.15) is 11.7 Å². The van der Waals surface area contributed by atoms with Crippen molar-refractivity contribution >= 4 is 11.9 Å². The molecule has 4 aliphatic rings. The molecule has 110 valence electrons. The largest absolute Gasteiger partial charge is 0.461 e. The van der Waals surface area contributed by atoms with E-state index in [-0.39, 0.29) is 40.7 Å². The Bertz CT molecular complexity index is 515. The van der Waals surface area contributed by atoms with E-state index in [4.69, 9.17) is 9.47 Å². The predicted octanol–water partition coefficient (Wildman–Crippen LogP) is 2.45. The molecule has 0 aromatic carbocycles. The highest BCUT2D eigenvalue weighted by molar-refractivity contribution is 5.80. The lowest BCUT2D eigenvalue weighted by molar-refractivity contribution is -0.172. The van der Waals surface area contributed by atoms with Gasteiger partial charge < -0.3 is 9.47 Å². The SMILES string of the molecule is CC12CC3OC(=O)C4(C)CCCC(C)(C1CC(=O)O2)C34. The number of hydrogen-bond acceptors (Lipinski definition) is 4. The van der Waals surface area contributed by atoms with Crippen LogP contribution in [0, 0.1) is 22.7 Å². The number of ether oxygens (including phenoxy) is 2. The van der Waals surface area contributed by atoms with E-state index >= 15 is 0 Å². The third-order valence-corrected chi connectivity index (χ3v) is 6.76. The Labute approximate surface area is 119 Å². The van der Waals surface area contributed by atoms with Gasteiger partial charge in [0.2, 0.25) is 0 Å². The van der Waals surface area contributed by atoms with Gasteiger partial charge in [-0.3, -0.25) is 9.59 Å². The molecular weight excluding hydrogens is 256 g/mol. The van der Waals surface area contributed by atoms with E-state index in [9.17, 15) is 9.59 Å². The third kappa shape index (κ3) is 1.24. The highest BCUT2D eigenvalue weighted by atomic mass is 16.6. The molecule has 0 amide bonds. The van der Waals surface area contributed by atoms with Crippen molar-refractivity contribution in [3.05, 3.63) is 0 Å². The molecule has 0 aromatic heterocycles. The molecule has 2 aliphatic heterocycles. The van der Waals surface area contributed by atoms with E-state index in [1.807, 2.05) is 6.92 Å². The van der Waals surface area contributed by atoms with E-state index in [0.717, 1.165) is 19.3 Å². The van der Waals surface area contributed by atoms with E-state index in [1.54, 1.807) is 0 Å². The van der Waals surface area contributed by atoms with Crippen LogP contribution >= 0.6 is 0 Å². The second kappa shape index (κ2) is 3.40. The average molecular weight is 278 g/mol. The van der Waals surface area contributed by atoms with Gasteiger partial charge in [0.05, 0.1) is 11.8 Å². The number of rotatable bonds is 0. The molecule has 4 rings (SSSR count). The van der Waals surface area contributed by atoms with E-state index in [1.165, 1.54) is 0 Å². The van der Waals surface area contributed by atoms with Crippen molar-refractivity contribution in [3.8, 4) is 0 Å². The van der Waals surface area contributed by atoms with Crippen molar-refractivity contribution in [2.24, 2.45) is 22.7 Å². The van der Waals surface area contributed by atoms with Crippen molar-refractivity contribution in [3.63, 3.8) is 0 Å². The van der Waals surface area contributed by atoms with Crippen molar-refractivity contribution in [1.29, 1.82) is 0 Å². The number of hydrogen-bond donors (Lipinski definition) is 0.